The van der Waals surface area contributed by atoms with Crippen molar-refractivity contribution in [1.29, 1.82) is 0 Å². The lowest BCUT2D eigenvalue weighted by atomic mass is 10.1. The average molecular weight is 287 g/mol. The van der Waals surface area contributed by atoms with Crippen LogP contribution in [0.2, 0.25) is 0 Å². The van der Waals surface area contributed by atoms with Crippen LogP contribution < -0.4 is 4.90 Å². The zero-order valence-corrected chi connectivity index (χ0v) is 13.2. The smallest absolute Gasteiger partial charge is 0.299 e. The quantitative estimate of drug-likeness (QED) is 0.532. The summed E-state index contributed by atoms with van der Waals surface area (Å²) in [7, 11) is 0. The Kier molecular flexibility index (Phi) is 5.54. The van der Waals surface area contributed by atoms with Crippen molar-refractivity contribution in [3.63, 3.8) is 0 Å². The Bertz CT molecular complexity index is 522. The van der Waals surface area contributed by atoms with E-state index < -0.39 is 0 Å². The van der Waals surface area contributed by atoms with Crippen molar-refractivity contribution in [2.45, 2.75) is 58.8 Å². The van der Waals surface area contributed by atoms with Gasteiger partial charge in [0.2, 0.25) is 0 Å². The summed E-state index contributed by atoms with van der Waals surface area (Å²) in [6.45, 7) is 4.92. The van der Waals surface area contributed by atoms with Crippen molar-refractivity contribution in [2.75, 3.05) is 11.4 Å². The van der Waals surface area contributed by atoms with Crippen LogP contribution in [0.15, 0.2) is 18.2 Å². The Labute approximate surface area is 127 Å². The number of amides is 1. The van der Waals surface area contributed by atoms with Gasteiger partial charge in [0, 0.05) is 6.54 Å². The van der Waals surface area contributed by atoms with Crippen molar-refractivity contribution in [2.24, 2.45) is 0 Å². The number of Topliss-reactive ketones (excluding diaryl/α,β-unsaturated/α-hetero) is 1. The molecule has 1 aromatic carbocycles. The Hall–Kier alpha value is -1.64. The number of rotatable bonds is 8. The second-order valence-electron chi connectivity index (χ2n) is 5.76. The van der Waals surface area contributed by atoms with Crippen molar-refractivity contribution in [3.05, 3.63) is 29.3 Å². The predicted molar refractivity (Wildman–Crippen MR) is 85.9 cm³/mol. The first-order chi connectivity index (χ1) is 10.2. The van der Waals surface area contributed by atoms with Gasteiger partial charge in [0.05, 0.1) is 11.3 Å². The number of anilines is 1. The van der Waals surface area contributed by atoms with Crippen LogP contribution in [-0.2, 0) is 11.2 Å². The number of carbonyl (C=O) groups excluding carboxylic acids is 2. The van der Waals surface area contributed by atoms with Crippen LogP contribution in [0.4, 0.5) is 5.69 Å². The molecule has 0 radical (unpaired) electrons. The first-order valence-electron chi connectivity index (χ1n) is 8.18. The summed E-state index contributed by atoms with van der Waals surface area (Å²) in [4.78, 5) is 25.8. The SMILES string of the molecule is CCCCCCCCN1C(=O)C(=O)c2cc(CC)ccc21. The monoisotopic (exact) mass is 287 g/mol. The number of aryl methyl sites for hydroxylation is 1. The molecule has 0 bridgehead atoms. The number of fused-ring (bicyclic) bond motifs is 1. The predicted octanol–water partition coefficient (Wildman–Crippen LogP) is 4.14. The number of carbonyl (C=O) groups is 2. The molecular weight excluding hydrogens is 262 g/mol. The molecule has 3 heteroatoms. The maximum absolute atomic E-state index is 12.1. The number of nitrogens with zero attached hydrogens (tertiary/aromatic N) is 1. The van der Waals surface area contributed by atoms with Gasteiger partial charge in [0.25, 0.3) is 11.7 Å². The highest BCUT2D eigenvalue weighted by Gasteiger charge is 2.35. The van der Waals surface area contributed by atoms with Gasteiger partial charge in [0.15, 0.2) is 0 Å². The van der Waals surface area contributed by atoms with E-state index >= 15 is 0 Å². The zero-order chi connectivity index (χ0) is 15.2. The average Bonchev–Trinajstić information content (AvgIpc) is 2.75. The molecule has 1 aliphatic rings. The van der Waals surface area contributed by atoms with E-state index in [1.165, 1.54) is 25.7 Å². The van der Waals surface area contributed by atoms with Gasteiger partial charge in [-0.2, -0.15) is 0 Å². The highest BCUT2D eigenvalue weighted by Crippen LogP contribution is 2.30. The molecule has 0 unspecified atom stereocenters. The van der Waals surface area contributed by atoms with E-state index in [2.05, 4.69) is 13.8 Å². The summed E-state index contributed by atoms with van der Waals surface area (Å²) in [5.74, 6) is -0.696. The number of hydrogen-bond acceptors (Lipinski definition) is 2. The molecule has 0 spiro atoms. The molecule has 3 nitrogen and oxygen atoms in total. The lowest BCUT2D eigenvalue weighted by Gasteiger charge is -2.16. The Morgan fingerprint density at radius 3 is 2.38 bits per heavy atom. The van der Waals surface area contributed by atoms with Crippen LogP contribution in [0.25, 0.3) is 0 Å². The molecule has 0 aromatic heterocycles. The molecule has 114 valence electrons. The van der Waals surface area contributed by atoms with Crippen molar-refractivity contribution in [3.8, 4) is 0 Å². The number of unbranched alkanes of at least 4 members (excludes halogenated alkanes) is 5. The van der Waals surface area contributed by atoms with Crippen LogP contribution in [0.1, 0.15) is 68.3 Å². The molecule has 0 atom stereocenters. The molecule has 21 heavy (non-hydrogen) atoms. The molecule has 1 heterocycles. The van der Waals surface area contributed by atoms with Gasteiger partial charge in [-0.15, -0.1) is 0 Å². The normalized spacial score (nSPS) is 13.9. The third-order valence-corrected chi connectivity index (χ3v) is 4.18. The summed E-state index contributed by atoms with van der Waals surface area (Å²) >= 11 is 0. The minimum absolute atomic E-state index is 0.341. The molecule has 0 saturated heterocycles. The van der Waals surface area contributed by atoms with E-state index in [0.29, 0.717) is 12.1 Å². The fourth-order valence-electron chi connectivity index (χ4n) is 2.84. The van der Waals surface area contributed by atoms with E-state index in [1.807, 2.05) is 18.2 Å². The summed E-state index contributed by atoms with van der Waals surface area (Å²) in [6, 6.07) is 5.81. The summed E-state index contributed by atoms with van der Waals surface area (Å²) in [5.41, 5.74) is 2.50. The molecule has 0 saturated carbocycles. The number of hydrogen-bond donors (Lipinski definition) is 0. The minimum atomic E-state index is -0.355. The fraction of sp³-hybridized carbons (Fsp3) is 0.556. The van der Waals surface area contributed by atoms with Gasteiger partial charge in [-0.05, 0) is 30.5 Å². The second kappa shape index (κ2) is 7.39. The van der Waals surface area contributed by atoms with Crippen LogP contribution in [0.5, 0.6) is 0 Å². The molecule has 1 aliphatic heterocycles. The molecular formula is C18H25NO2. The maximum atomic E-state index is 12.1. The van der Waals surface area contributed by atoms with Gasteiger partial charge in [-0.1, -0.05) is 52.0 Å². The van der Waals surface area contributed by atoms with E-state index in [-0.39, 0.29) is 11.7 Å². The van der Waals surface area contributed by atoms with Crippen LogP contribution >= 0.6 is 0 Å². The maximum Gasteiger partial charge on any atom is 0.299 e. The molecule has 0 aliphatic carbocycles. The number of ketones is 1. The summed E-state index contributed by atoms with van der Waals surface area (Å²) < 4.78 is 0. The van der Waals surface area contributed by atoms with Crippen molar-refractivity contribution < 1.29 is 9.59 Å². The number of benzene rings is 1. The Morgan fingerprint density at radius 1 is 0.952 bits per heavy atom. The first-order valence-corrected chi connectivity index (χ1v) is 8.18. The Balaban J connectivity index is 1.96. The highest BCUT2D eigenvalue weighted by molar-refractivity contribution is 6.52. The molecule has 1 aromatic rings. The van der Waals surface area contributed by atoms with Gasteiger partial charge in [-0.25, -0.2) is 0 Å². The second-order valence-corrected chi connectivity index (χ2v) is 5.76. The highest BCUT2D eigenvalue weighted by atomic mass is 16.2. The summed E-state index contributed by atoms with van der Waals surface area (Å²) in [5, 5.41) is 0. The third kappa shape index (κ3) is 3.52. The van der Waals surface area contributed by atoms with Gasteiger partial charge in [0.1, 0.15) is 0 Å². The topological polar surface area (TPSA) is 37.4 Å². The molecule has 1 amide bonds. The zero-order valence-electron chi connectivity index (χ0n) is 13.2. The van der Waals surface area contributed by atoms with E-state index in [1.54, 1.807) is 4.90 Å². The van der Waals surface area contributed by atoms with Crippen LogP contribution in [-0.4, -0.2) is 18.2 Å². The summed E-state index contributed by atoms with van der Waals surface area (Å²) in [6.07, 6.45) is 7.98. The van der Waals surface area contributed by atoms with E-state index in [4.69, 9.17) is 0 Å². The molecule has 2 rings (SSSR count). The minimum Gasteiger partial charge on any atom is -0.305 e. The molecule has 0 N–H and O–H groups in total. The van der Waals surface area contributed by atoms with Gasteiger partial charge >= 0.3 is 0 Å². The molecule has 0 fully saturated rings. The van der Waals surface area contributed by atoms with E-state index in [0.717, 1.165) is 30.5 Å². The largest absolute Gasteiger partial charge is 0.305 e. The lowest BCUT2D eigenvalue weighted by molar-refractivity contribution is -0.114. The van der Waals surface area contributed by atoms with Crippen molar-refractivity contribution in [1.82, 2.24) is 0 Å². The van der Waals surface area contributed by atoms with Crippen LogP contribution in [0, 0.1) is 0 Å². The van der Waals surface area contributed by atoms with Gasteiger partial charge in [-0.3, -0.25) is 9.59 Å². The third-order valence-electron chi connectivity index (χ3n) is 4.18. The van der Waals surface area contributed by atoms with E-state index in [9.17, 15) is 9.59 Å². The van der Waals surface area contributed by atoms with Gasteiger partial charge < -0.3 is 4.90 Å². The first kappa shape index (κ1) is 15.7. The Morgan fingerprint density at radius 2 is 1.67 bits per heavy atom. The van der Waals surface area contributed by atoms with Crippen LogP contribution in [0.3, 0.4) is 0 Å². The lowest BCUT2D eigenvalue weighted by Crippen LogP contribution is -2.30. The standard InChI is InChI=1S/C18H25NO2/c1-3-5-6-7-8-9-12-19-16-11-10-14(4-2)13-15(16)17(20)18(19)21/h10-11,13H,3-9,12H2,1-2H3. The van der Waals surface area contributed by atoms with Crippen molar-refractivity contribution >= 4 is 17.4 Å². The fourth-order valence-corrected chi connectivity index (χ4v) is 2.84.